The summed E-state index contributed by atoms with van der Waals surface area (Å²) >= 11 is 3.23. The number of hydrogen-bond donors (Lipinski definition) is 2. The number of methoxy groups -OCH3 is 1. The van der Waals surface area contributed by atoms with Crippen molar-refractivity contribution in [2.75, 3.05) is 17.6 Å². The van der Waals surface area contributed by atoms with Gasteiger partial charge in [0.2, 0.25) is 0 Å². The molecule has 0 aliphatic heterocycles. The van der Waals surface area contributed by atoms with E-state index in [0.717, 1.165) is 0 Å². The van der Waals surface area contributed by atoms with Crippen LogP contribution in [0.5, 0.6) is 5.75 Å². The molecule has 0 aliphatic rings. The van der Waals surface area contributed by atoms with Crippen LogP contribution in [0, 0.1) is 0 Å². The number of sulfonamides is 1. The van der Waals surface area contributed by atoms with E-state index >= 15 is 0 Å². The molecule has 0 aromatic heterocycles. The van der Waals surface area contributed by atoms with Gasteiger partial charge in [-0.1, -0.05) is 28.1 Å². The number of nitrogens with two attached hydrogens (primary N) is 1. The van der Waals surface area contributed by atoms with Gasteiger partial charge in [-0.25, -0.2) is 8.42 Å². The van der Waals surface area contributed by atoms with Crippen LogP contribution >= 0.6 is 15.9 Å². The molecule has 0 radical (unpaired) electrons. The van der Waals surface area contributed by atoms with Gasteiger partial charge in [-0.3, -0.25) is 4.72 Å². The second-order valence-electron chi connectivity index (χ2n) is 3.99. The molecule has 106 valence electrons. The molecule has 20 heavy (non-hydrogen) atoms. The quantitative estimate of drug-likeness (QED) is 0.825. The largest absolute Gasteiger partial charge is 0.495 e. The van der Waals surface area contributed by atoms with E-state index in [1.807, 2.05) is 0 Å². The van der Waals surface area contributed by atoms with Crippen molar-refractivity contribution in [1.82, 2.24) is 0 Å². The van der Waals surface area contributed by atoms with Crippen LogP contribution in [0.4, 0.5) is 11.4 Å². The average Bonchev–Trinajstić information content (AvgIpc) is 2.41. The average molecular weight is 357 g/mol. The molecular formula is C13H13BrN2O3S. The van der Waals surface area contributed by atoms with Crippen molar-refractivity contribution in [3.05, 3.63) is 46.9 Å². The molecule has 2 rings (SSSR count). The maximum Gasteiger partial charge on any atom is 0.264 e. The molecule has 0 heterocycles. The highest BCUT2D eigenvalue weighted by atomic mass is 79.9. The first kappa shape index (κ1) is 14.7. The fourth-order valence-electron chi connectivity index (χ4n) is 1.67. The van der Waals surface area contributed by atoms with Crippen LogP contribution in [-0.2, 0) is 10.0 Å². The normalized spacial score (nSPS) is 11.1. The summed E-state index contributed by atoms with van der Waals surface area (Å²) in [5.41, 5.74) is 6.26. The minimum Gasteiger partial charge on any atom is -0.495 e. The molecule has 0 fully saturated rings. The molecule has 2 aromatic carbocycles. The highest BCUT2D eigenvalue weighted by Crippen LogP contribution is 2.29. The van der Waals surface area contributed by atoms with E-state index in [2.05, 4.69) is 20.7 Å². The zero-order valence-electron chi connectivity index (χ0n) is 10.6. The van der Waals surface area contributed by atoms with Crippen molar-refractivity contribution in [3.63, 3.8) is 0 Å². The van der Waals surface area contributed by atoms with Gasteiger partial charge in [0, 0.05) is 4.47 Å². The lowest BCUT2D eigenvalue weighted by atomic mass is 10.3. The van der Waals surface area contributed by atoms with E-state index in [1.165, 1.54) is 19.2 Å². The summed E-state index contributed by atoms with van der Waals surface area (Å²) in [5.74, 6) is 0.435. The van der Waals surface area contributed by atoms with E-state index in [9.17, 15) is 8.42 Å². The number of benzene rings is 2. The van der Waals surface area contributed by atoms with E-state index in [0.29, 0.717) is 15.9 Å². The van der Waals surface area contributed by atoms with Crippen LogP contribution in [0.25, 0.3) is 0 Å². The Hall–Kier alpha value is -1.73. The molecule has 0 aliphatic carbocycles. The predicted molar refractivity (Wildman–Crippen MR) is 82.4 cm³/mol. The maximum atomic E-state index is 12.4. The highest BCUT2D eigenvalue weighted by molar-refractivity contribution is 9.10. The Morgan fingerprint density at radius 3 is 2.60 bits per heavy atom. The molecular weight excluding hydrogens is 344 g/mol. The summed E-state index contributed by atoms with van der Waals surface area (Å²) in [6, 6.07) is 11.4. The van der Waals surface area contributed by atoms with E-state index in [-0.39, 0.29) is 10.6 Å². The van der Waals surface area contributed by atoms with E-state index in [4.69, 9.17) is 10.5 Å². The van der Waals surface area contributed by atoms with Crippen molar-refractivity contribution in [3.8, 4) is 5.75 Å². The van der Waals surface area contributed by atoms with Crippen molar-refractivity contribution in [2.24, 2.45) is 0 Å². The number of hydrogen-bond acceptors (Lipinski definition) is 4. The predicted octanol–water partition coefficient (Wildman–Crippen LogP) is 2.84. The molecule has 3 N–H and O–H groups in total. The lowest BCUT2D eigenvalue weighted by molar-refractivity contribution is 0.417. The molecule has 7 heteroatoms. The van der Waals surface area contributed by atoms with Gasteiger partial charge in [-0.2, -0.15) is 0 Å². The standard InChI is InChI=1S/C13H13BrN2O3S/c1-19-12-5-3-2-4-11(12)16-20(17,18)13-8-9(14)6-7-10(13)15/h2-8,16H,15H2,1H3. The summed E-state index contributed by atoms with van der Waals surface area (Å²) in [4.78, 5) is 0.0118. The Morgan fingerprint density at radius 1 is 1.20 bits per heavy atom. The molecule has 0 bridgehead atoms. The first-order valence-electron chi connectivity index (χ1n) is 5.65. The molecule has 2 aromatic rings. The first-order chi connectivity index (χ1) is 9.44. The molecule has 0 saturated heterocycles. The van der Waals surface area contributed by atoms with Crippen molar-refractivity contribution < 1.29 is 13.2 Å². The Morgan fingerprint density at radius 2 is 1.90 bits per heavy atom. The second-order valence-corrected chi connectivity index (χ2v) is 6.55. The topological polar surface area (TPSA) is 81.4 Å². The number of nitrogens with one attached hydrogen (secondary N) is 1. The highest BCUT2D eigenvalue weighted by Gasteiger charge is 2.19. The summed E-state index contributed by atoms with van der Waals surface area (Å²) < 4.78 is 33.0. The van der Waals surface area contributed by atoms with Gasteiger partial charge in [0.1, 0.15) is 10.6 Å². The number of nitrogen functional groups attached to an aromatic ring is 1. The van der Waals surface area contributed by atoms with Crippen LogP contribution < -0.4 is 15.2 Å². The molecule has 0 amide bonds. The number of anilines is 2. The lowest BCUT2D eigenvalue weighted by Gasteiger charge is -2.13. The van der Waals surface area contributed by atoms with E-state index < -0.39 is 10.0 Å². The fourth-order valence-corrected chi connectivity index (χ4v) is 3.41. The third-order valence-electron chi connectivity index (χ3n) is 2.62. The van der Waals surface area contributed by atoms with Gasteiger partial charge in [0.15, 0.2) is 0 Å². The fraction of sp³-hybridized carbons (Fsp3) is 0.0769. The van der Waals surface area contributed by atoms with Crippen LogP contribution in [0.3, 0.4) is 0 Å². The Kier molecular flexibility index (Phi) is 4.20. The molecule has 0 saturated carbocycles. The van der Waals surface area contributed by atoms with Gasteiger partial charge < -0.3 is 10.5 Å². The summed E-state index contributed by atoms with van der Waals surface area (Å²) in [6.45, 7) is 0. The Bertz CT molecular complexity index is 732. The van der Waals surface area contributed by atoms with Gasteiger partial charge in [0.25, 0.3) is 10.0 Å². The van der Waals surface area contributed by atoms with E-state index in [1.54, 1.807) is 30.3 Å². The third kappa shape index (κ3) is 3.05. The zero-order chi connectivity index (χ0) is 14.8. The molecule has 0 atom stereocenters. The Labute approximate surface area is 125 Å². The summed E-state index contributed by atoms with van der Waals surface area (Å²) in [6.07, 6.45) is 0. The molecule has 0 unspecified atom stereocenters. The Balaban J connectivity index is 2.43. The first-order valence-corrected chi connectivity index (χ1v) is 7.92. The van der Waals surface area contributed by atoms with Crippen LogP contribution in [0.1, 0.15) is 0 Å². The maximum absolute atomic E-state index is 12.4. The van der Waals surface area contributed by atoms with Crippen molar-refractivity contribution in [1.29, 1.82) is 0 Å². The number of ether oxygens (including phenoxy) is 1. The van der Waals surface area contributed by atoms with Gasteiger partial charge >= 0.3 is 0 Å². The number of rotatable bonds is 4. The minimum atomic E-state index is -3.78. The zero-order valence-corrected chi connectivity index (χ0v) is 13.0. The van der Waals surface area contributed by atoms with Gasteiger partial charge in [-0.05, 0) is 30.3 Å². The number of para-hydroxylation sites is 2. The van der Waals surface area contributed by atoms with Gasteiger partial charge in [0.05, 0.1) is 18.5 Å². The SMILES string of the molecule is COc1ccccc1NS(=O)(=O)c1cc(Br)ccc1N. The smallest absolute Gasteiger partial charge is 0.264 e. The molecule has 5 nitrogen and oxygen atoms in total. The van der Waals surface area contributed by atoms with Crippen LogP contribution in [0.15, 0.2) is 51.8 Å². The number of halogens is 1. The molecule has 0 spiro atoms. The summed E-state index contributed by atoms with van der Waals surface area (Å²) in [5, 5.41) is 0. The third-order valence-corrected chi connectivity index (χ3v) is 4.53. The van der Waals surface area contributed by atoms with Crippen LogP contribution in [-0.4, -0.2) is 15.5 Å². The van der Waals surface area contributed by atoms with Crippen molar-refractivity contribution in [2.45, 2.75) is 4.90 Å². The monoisotopic (exact) mass is 356 g/mol. The minimum absolute atomic E-state index is 0.0118. The second kappa shape index (κ2) is 5.72. The van der Waals surface area contributed by atoms with Gasteiger partial charge in [-0.15, -0.1) is 0 Å². The lowest BCUT2D eigenvalue weighted by Crippen LogP contribution is -2.15. The van der Waals surface area contributed by atoms with Crippen LogP contribution in [0.2, 0.25) is 0 Å². The van der Waals surface area contributed by atoms with Crippen molar-refractivity contribution >= 4 is 37.3 Å². The summed E-state index contributed by atoms with van der Waals surface area (Å²) in [7, 11) is -2.31.